The van der Waals surface area contributed by atoms with Crippen molar-refractivity contribution in [2.45, 2.75) is 39.3 Å². The Kier molecular flexibility index (Phi) is 6.11. The number of amides is 1. The number of nitrogens with one attached hydrogen (secondary N) is 1. The number of rotatable bonds is 8. The quantitative estimate of drug-likeness (QED) is 0.723. The highest BCUT2D eigenvalue weighted by Crippen LogP contribution is 2.11. The van der Waals surface area contributed by atoms with Crippen molar-refractivity contribution in [1.82, 2.24) is 15.1 Å². The fourth-order valence-electron chi connectivity index (χ4n) is 2.60. The summed E-state index contributed by atoms with van der Waals surface area (Å²) in [7, 11) is 0. The van der Waals surface area contributed by atoms with Gasteiger partial charge < -0.3 is 10.4 Å². The highest BCUT2D eigenvalue weighted by Gasteiger charge is 2.20. The molecule has 0 bridgehead atoms. The summed E-state index contributed by atoms with van der Waals surface area (Å²) < 4.78 is 1.87. The molecule has 0 saturated heterocycles. The first-order chi connectivity index (χ1) is 11.9. The summed E-state index contributed by atoms with van der Waals surface area (Å²) in [4.78, 5) is 23.6. The smallest absolute Gasteiger partial charge is 0.326 e. The minimum absolute atomic E-state index is 0.315. The van der Waals surface area contributed by atoms with Crippen LogP contribution in [0, 0.1) is 13.8 Å². The summed E-state index contributed by atoms with van der Waals surface area (Å²) in [5, 5.41) is 16.2. The summed E-state index contributed by atoms with van der Waals surface area (Å²) in [5.74, 6) is -1.44. The van der Waals surface area contributed by atoms with E-state index in [1.54, 1.807) is 24.3 Å². The van der Waals surface area contributed by atoms with Crippen molar-refractivity contribution in [1.29, 1.82) is 0 Å². The maximum atomic E-state index is 12.4. The van der Waals surface area contributed by atoms with Crippen LogP contribution in [0.25, 0.3) is 0 Å². The van der Waals surface area contributed by atoms with Crippen molar-refractivity contribution < 1.29 is 14.7 Å². The second-order valence-corrected chi connectivity index (χ2v) is 6.02. The van der Waals surface area contributed by atoms with E-state index in [2.05, 4.69) is 17.0 Å². The van der Waals surface area contributed by atoms with E-state index >= 15 is 0 Å². The third-order valence-electron chi connectivity index (χ3n) is 3.89. The van der Waals surface area contributed by atoms with Gasteiger partial charge in [0, 0.05) is 11.3 Å². The van der Waals surface area contributed by atoms with Crippen LogP contribution in [0.3, 0.4) is 0 Å². The number of nitrogens with zero attached hydrogens (tertiary/aromatic N) is 2. The lowest BCUT2D eigenvalue weighted by atomic mass is 10.1. The van der Waals surface area contributed by atoms with Crippen molar-refractivity contribution in [2.24, 2.45) is 0 Å². The lowest BCUT2D eigenvalue weighted by molar-refractivity contribution is -0.139. The van der Waals surface area contributed by atoms with E-state index in [1.807, 2.05) is 30.7 Å². The van der Waals surface area contributed by atoms with E-state index in [0.29, 0.717) is 24.9 Å². The molecule has 132 valence electrons. The molecule has 0 saturated carbocycles. The molecule has 6 heteroatoms. The van der Waals surface area contributed by atoms with Crippen molar-refractivity contribution >= 4 is 11.9 Å². The van der Waals surface area contributed by atoms with Crippen molar-refractivity contribution in [2.75, 3.05) is 0 Å². The van der Waals surface area contributed by atoms with Crippen molar-refractivity contribution in [3.05, 3.63) is 65.5 Å². The van der Waals surface area contributed by atoms with Gasteiger partial charge in [-0.15, -0.1) is 6.58 Å². The average Bonchev–Trinajstić information content (AvgIpc) is 2.88. The number of benzene rings is 1. The van der Waals surface area contributed by atoms with Gasteiger partial charge in [-0.2, -0.15) is 5.10 Å². The topological polar surface area (TPSA) is 84.2 Å². The first-order valence-electron chi connectivity index (χ1n) is 8.15. The maximum Gasteiger partial charge on any atom is 0.326 e. The van der Waals surface area contributed by atoms with Gasteiger partial charge in [0.1, 0.15) is 6.04 Å². The van der Waals surface area contributed by atoms with E-state index in [0.717, 1.165) is 17.0 Å². The van der Waals surface area contributed by atoms with Gasteiger partial charge in [0.25, 0.3) is 5.91 Å². The molecule has 1 heterocycles. The van der Waals surface area contributed by atoms with Crippen LogP contribution in [0.5, 0.6) is 0 Å². The minimum atomic E-state index is -1.05. The number of carbonyl (C=O) groups excluding carboxylic acids is 1. The number of carboxylic acid groups (broad SMARTS) is 1. The van der Waals surface area contributed by atoms with Gasteiger partial charge in [-0.3, -0.25) is 9.48 Å². The number of hydrogen-bond acceptors (Lipinski definition) is 3. The summed E-state index contributed by atoms with van der Waals surface area (Å²) in [6.07, 6.45) is 2.47. The summed E-state index contributed by atoms with van der Waals surface area (Å²) in [6.45, 7) is 8.04. The lowest BCUT2D eigenvalue weighted by Crippen LogP contribution is -2.40. The molecule has 0 fully saturated rings. The second kappa shape index (κ2) is 8.28. The third kappa shape index (κ3) is 5.04. The fraction of sp³-hybridized carbons (Fsp3) is 0.316. The van der Waals surface area contributed by atoms with Crippen molar-refractivity contribution in [3.63, 3.8) is 0 Å². The van der Waals surface area contributed by atoms with E-state index < -0.39 is 17.9 Å². The Bertz CT molecular complexity index is 780. The molecule has 2 N–H and O–H groups in total. The predicted molar refractivity (Wildman–Crippen MR) is 95.6 cm³/mol. The maximum absolute atomic E-state index is 12.4. The van der Waals surface area contributed by atoms with Gasteiger partial charge >= 0.3 is 5.97 Å². The Labute approximate surface area is 147 Å². The molecule has 0 spiro atoms. The normalized spacial score (nSPS) is 11.8. The largest absolute Gasteiger partial charge is 0.480 e. The van der Waals surface area contributed by atoms with Gasteiger partial charge in [0.2, 0.25) is 0 Å². The molecular weight excluding hydrogens is 318 g/mol. The van der Waals surface area contributed by atoms with Crippen LogP contribution in [0.4, 0.5) is 0 Å². The molecule has 25 heavy (non-hydrogen) atoms. The van der Waals surface area contributed by atoms with Crippen LogP contribution in [0.1, 0.15) is 40.2 Å². The summed E-state index contributed by atoms with van der Waals surface area (Å²) in [5.41, 5.74) is 3.35. The molecule has 0 aliphatic carbocycles. The van der Waals surface area contributed by atoms with E-state index in [9.17, 15) is 14.7 Å². The van der Waals surface area contributed by atoms with Crippen LogP contribution in [0.15, 0.2) is 43.0 Å². The number of allylic oxidation sites excluding steroid dienone is 1. The molecule has 2 aromatic rings. The Balaban J connectivity index is 2.11. The highest BCUT2D eigenvalue weighted by atomic mass is 16.4. The molecule has 1 aromatic carbocycles. The van der Waals surface area contributed by atoms with Crippen LogP contribution in [-0.2, 0) is 11.3 Å². The molecule has 1 unspecified atom stereocenters. The zero-order valence-corrected chi connectivity index (χ0v) is 14.5. The monoisotopic (exact) mass is 341 g/mol. The SMILES string of the molecule is C=CCCC(NC(=O)c1cccc(Cn2nc(C)cc2C)c1)C(=O)O. The first kappa shape index (κ1) is 18.4. The van der Waals surface area contributed by atoms with Gasteiger partial charge in [0.15, 0.2) is 0 Å². The average molecular weight is 341 g/mol. The third-order valence-corrected chi connectivity index (χ3v) is 3.89. The van der Waals surface area contributed by atoms with E-state index in [-0.39, 0.29) is 0 Å². The Morgan fingerprint density at radius 1 is 1.36 bits per heavy atom. The number of aliphatic carboxylic acids is 1. The van der Waals surface area contributed by atoms with Crippen molar-refractivity contribution in [3.8, 4) is 0 Å². The summed E-state index contributed by atoms with van der Waals surface area (Å²) >= 11 is 0. The number of carbonyl (C=O) groups is 2. The molecule has 0 radical (unpaired) electrons. The number of carboxylic acids is 1. The Morgan fingerprint density at radius 2 is 2.12 bits per heavy atom. The number of hydrogen-bond donors (Lipinski definition) is 2. The fourth-order valence-corrected chi connectivity index (χ4v) is 2.60. The summed E-state index contributed by atoms with van der Waals surface area (Å²) in [6, 6.07) is 8.21. The number of aromatic nitrogens is 2. The minimum Gasteiger partial charge on any atom is -0.480 e. The molecule has 1 amide bonds. The Morgan fingerprint density at radius 3 is 2.72 bits per heavy atom. The van der Waals surface area contributed by atoms with Gasteiger partial charge in [-0.1, -0.05) is 18.2 Å². The van der Waals surface area contributed by atoms with E-state index in [4.69, 9.17) is 0 Å². The molecule has 0 aliphatic heterocycles. The predicted octanol–water partition coefficient (Wildman–Crippen LogP) is 2.70. The van der Waals surface area contributed by atoms with E-state index in [1.165, 1.54) is 0 Å². The highest BCUT2D eigenvalue weighted by molar-refractivity contribution is 5.96. The molecular formula is C19H23N3O3. The molecule has 6 nitrogen and oxygen atoms in total. The lowest BCUT2D eigenvalue weighted by Gasteiger charge is -2.14. The second-order valence-electron chi connectivity index (χ2n) is 6.02. The number of aryl methyl sites for hydroxylation is 2. The zero-order chi connectivity index (χ0) is 18.4. The van der Waals surface area contributed by atoms with Crippen LogP contribution < -0.4 is 5.32 Å². The van der Waals surface area contributed by atoms with Crippen LogP contribution >= 0.6 is 0 Å². The van der Waals surface area contributed by atoms with Gasteiger partial charge in [0.05, 0.1) is 12.2 Å². The molecule has 0 aliphatic rings. The van der Waals surface area contributed by atoms with Gasteiger partial charge in [-0.05, 0) is 50.5 Å². The van der Waals surface area contributed by atoms with Crippen LogP contribution in [-0.4, -0.2) is 32.8 Å². The Hall–Kier alpha value is -2.89. The zero-order valence-electron chi connectivity index (χ0n) is 14.5. The molecule has 2 rings (SSSR count). The first-order valence-corrected chi connectivity index (χ1v) is 8.15. The molecule has 1 atom stereocenters. The standard InChI is InChI=1S/C19H23N3O3/c1-4-5-9-17(19(24)25)20-18(23)16-8-6-7-15(11-16)12-22-14(3)10-13(2)21-22/h4,6-8,10-11,17H,1,5,9,12H2,2-3H3,(H,20,23)(H,24,25). The molecule has 1 aromatic heterocycles. The van der Waals surface area contributed by atoms with Gasteiger partial charge in [-0.25, -0.2) is 4.79 Å². The van der Waals surface area contributed by atoms with Crippen LogP contribution in [0.2, 0.25) is 0 Å².